The molecule has 1 aromatic carbocycles. The van der Waals surface area contributed by atoms with Crippen molar-refractivity contribution >= 4 is 17.0 Å². The maximum atomic E-state index is 10.9. The van der Waals surface area contributed by atoms with Gasteiger partial charge in [-0.3, -0.25) is 0 Å². The van der Waals surface area contributed by atoms with Crippen LogP contribution in [0.3, 0.4) is 0 Å². The molecule has 2 N–H and O–H groups in total. The number of benzene rings is 1. The maximum Gasteiger partial charge on any atom is 0.335 e. The lowest BCUT2D eigenvalue weighted by Crippen LogP contribution is -2.15. The van der Waals surface area contributed by atoms with Crippen molar-refractivity contribution in [1.82, 2.24) is 9.97 Å². The molecule has 0 bridgehead atoms. The molecule has 2 aromatic rings. The van der Waals surface area contributed by atoms with Crippen LogP contribution in [0.15, 0.2) is 18.2 Å². The van der Waals surface area contributed by atoms with E-state index in [0.717, 1.165) is 42.9 Å². The SMILES string of the molecule is O=C(O)c1ccc2nc(C3CCOCC3)[nH]c2c1. The van der Waals surface area contributed by atoms with E-state index in [-0.39, 0.29) is 5.56 Å². The molecule has 0 atom stereocenters. The lowest BCUT2D eigenvalue weighted by molar-refractivity contribution is 0.0697. The summed E-state index contributed by atoms with van der Waals surface area (Å²) in [5, 5.41) is 8.95. The van der Waals surface area contributed by atoms with E-state index in [2.05, 4.69) is 9.97 Å². The molecular formula is C13H14N2O3. The number of ether oxygens (including phenoxy) is 1. The molecule has 1 fully saturated rings. The predicted molar refractivity (Wildman–Crippen MR) is 65.8 cm³/mol. The minimum absolute atomic E-state index is 0.282. The molecule has 0 aliphatic carbocycles. The lowest BCUT2D eigenvalue weighted by Gasteiger charge is -2.19. The van der Waals surface area contributed by atoms with E-state index in [0.29, 0.717) is 5.92 Å². The Morgan fingerprint density at radius 2 is 2.17 bits per heavy atom. The van der Waals surface area contributed by atoms with E-state index in [1.807, 2.05) is 0 Å². The zero-order valence-electron chi connectivity index (χ0n) is 9.85. The summed E-state index contributed by atoms with van der Waals surface area (Å²) in [6.45, 7) is 1.53. The molecule has 3 rings (SSSR count). The Labute approximate surface area is 104 Å². The average molecular weight is 246 g/mol. The number of hydrogen-bond acceptors (Lipinski definition) is 3. The predicted octanol–water partition coefficient (Wildman–Crippen LogP) is 2.16. The minimum atomic E-state index is -0.917. The van der Waals surface area contributed by atoms with Crippen LogP contribution in [0.4, 0.5) is 0 Å². The highest BCUT2D eigenvalue weighted by molar-refractivity contribution is 5.92. The molecule has 0 amide bonds. The van der Waals surface area contributed by atoms with Crippen molar-refractivity contribution in [3.8, 4) is 0 Å². The zero-order valence-corrected chi connectivity index (χ0v) is 9.85. The summed E-state index contributed by atoms with van der Waals surface area (Å²) < 4.78 is 5.33. The number of carboxylic acids is 1. The summed E-state index contributed by atoms with van der Waals surface area (Å²) in [6.07, 6.45) is 1.93. The Morgan fingerprint density at radius 1 is 1.39 bits per heavy atom. The molecule has 5 nitrogen and oxygen atoms in total. The third kappa shape index (κ3) is 1.97. The smallest absolute Gasteiger partial charge is 0.335 e. The number of carbonyl (C=O) groups is 1. The molecule has 1 aromatic heterocycles. The van der Waals surface area contributed by atoms with Gasteiger partial charge in [0.25, 0.3) is 0 Å². The third-order valence-electron chi connectivity index (χ3n) is 3.36. The lowest BCUT2D eigenvalue weighted by atomic mass is 10.00. The molecular weight excluding hydrogens is 232 g/mol. The Bertz CT molecular complexity index is 585. The van der Waals surface area contributed by atoms with Crippen molar-refractivity contribution in [2.45, 2.75) is 18.8 Å². The molecule has 18 heavy (non-hydrogen) atoms. The second kappa shape index (κ2) is 4.42. The summed E-state index contributed by atoms with van der Waals surface area (Å²) >= 11 is 0. The van der Waals surface area contributed by atoms with Crippen molar-refractivity contribution in [3.63, 3.8) is 0 Å². The number of H-pyrrole nitrogens is 1. The molecule has 0 saturated carbocycles. The molecule has 1 aliphatic rings. The number of carboxylic acid groups (broad SMARTS) is 1. The van der Waals surface area contributed by atoms with Crippen LogP contribution in [-0.4, -0.2) is 34.3 Å². The maximum absolute atomic E-state index is 10.9. The Morgan fingerprint density at radius 3 is 2.89 bits per heavy atom. The van der Waals surface area contributed by atoms with Crippen LogP contribution in [0.25, 0.3) is 11.0 Å². The van der Waals surface area contributed by atoms with Crippen LogP contribution >= 0.6 is 0 Å². The highest BCUT2D eigenvalue weighted by Gasteiger charge is 2.19. The van der Waals surface area contributed by atoms with Gasteiger partial charge in [0.05, 0.1) is 16.6 Å². The molecule has 1 saturated heterocycles. The van der Waals surface area contributed by atoms with Gasteiger partial charge in [0.15, 0.2) is 0 Å². The number of nitrogens with one attached hydrogen (secondary N) is 1. The van der Waals surface area contributed by atoms with Crippen LogP contribution in [0, 0.1) is 0 Å². The summed E-state index contributed by atoms with van der Waals surface area (Å²) in [4.78, 5) is 18.7. The van der Waals surface area contributed by atoms with Crippen LogP contribution in [0.5, 0.6) is 0 Å². The second-order valence-electron chi connectivity index (χ2n) is 4.55. The molecule has 0 spiro atoms. The largest absolute Gasteiger partial charge is 0.478 e. The van der Waals surface area contributed by atoms with Gasteiger partial charge in [0.1, 0.15) is 5.82 Å². The topological polar surface area (TPSA) is 75.2 Å². The van der Waals surface area contributed by atoms with E-state index in [4.69, 9.17) is 9.84 Å². The molecule has 1 aliphatic heterocycles. The van der Waals surface area contributed by atoms with Gasteiger partial charge in [-0.15, -0.1) is 0 Å². The number of nitrogens with zero attached hydrogens (tertiary/aromatic N) is 1. The first-order chi connectivity index (χ1) is 8.74. The van der Waals surface area contributed by atoms with Gasteiger partial charge < -0.3 is 14.8 Å². The normalized spacial score (nSPS) is 17.1. The first-order valence-electron chi connectivity index (χ1n) is 6.05. The molecule has 5 heteroatoms. The van der Waals surface area contributed by atoms with E-state index < -0.39 is 5.97 Å². The standard InChI is InChI=1S/C13H14N2O3/c16-13(17)9-1-2-10-11(7-9)15-12(14-10)8-3-5-18-6-4-8/h1-2,7-8H,3-6H2,(H,14,15)(H,16,17). The van der Waals surface area contributed by atoms with Crippen molar-refractivity contribution < 1.29 is 14.6 Å². The van der Waals surface area contributed by atoms with Gasteiger partial charge in [0.2, 0.25) is 0 Å². The fourth-order valence-corrected chi connectivity index (χ4v) is 2.33. The summed E-state index contributed by atoms with van der Waals surface area (Å²) in [5.74, 6) is 0.411. The summed E-state index contributed by atoms with van der Waals surface area (Å²) in [6, 6.07) is 4.96. The Balaban J connectivity index is 1.97. The molecule has 94 valence electrons. The van der Waals surface area contributed by atoms with E-state index in [1.54, 1.807) is 18.2 Å². The highest BCUT2D eigenvalue weighted by atomic mass is 16.5. The zero-order chi connectivity index (χ0) is 12.5. The summed E-state index contributed by atoms with van der Waals surface area (Å²) in [7, 11) is 0. The van der Waals surface area contributed by atoms with Gasteiger partial charge in [0, 0.05) is 19.1 Å². The Hall–Kier alpha value is -1.88. The van der Waals surface area contributed by atoms with Crippen molar-refractivity contribution in [2.24, 2.45) is 0 Å². The van der Waals surface area contributed by atoms with Gasteiger partial charge in [-0.1, -0.05) is 0 Å². The van der Waals surface area contributed by atoms with E-state index >= 15 is 0 Å². The summed E-state index contributed by atoms with van der Waals surface area (Å²) in [5.41, 5.74) is 1.89. The number of fused-ring (bicyclic) bond motifs is 1. The Kier molecular flexibility index (Phi) is 2.76. The van der Waals surface area contributed by atoms with Crippen LogP contribution in [0.1, 0.15) is 34.9 Å². The van der Waals surface area contributed by atoms with Crippen molar-refractivity contribution in [3.05, 3.63) is 29.6 Å². The third-order valence-corrected chi connectivity index (χ3v) is 3.36. The fraction of sp³-hybridized carbons (Fsp3) is 0.385. The quantitative estimate of drug-likeness (QED) is 0.851. The number of aromatic amines is 1. The molecule has 0 unspecified atom stereocenters. The van der Waals surface area contributed by atoms with Crippen LogP contribution < -0.4 is 0 Å². The second-order valence-corrected chi connectivity index (χ2v) is 4.55. The number of rotatable bonds is 2. The van der Waals surface area contributed by atoms with E-state index in [9.17, 15) is 4.79 Å². The minimum Gasteiger partial charge on any atom is -0.478 e. The van der Waals surface area contributed by atoms with Gasteiger partial charge in [-0.05, 0) is 31.0 Å². The average Bonchev–Trinajstić information content (AvgIpc) is 2.82. The van der Waals surface area contributed by atoms with Gasteiger partial charge >= 0.3 is 5.97 Å². The fourth-order valence-electron chi connectivity index (χ4n) is 2.33. The van der Waals surface area contributed by atoms with Crippen LogP contribution in [0.2, 0.25) is 0 Å². The van der Waals surface area contributed by atoms with Crippen molar-refractivity contribution in [2.75, 3.05) is 13.2 Å². The molecule has 2 heterocycles. The highest BCUT2D eigenvalue weighted by Crippen LogP contribution is 2.26. The first-order valence-corrected chi connectivity index (χ1v) is 6.05. The number of hydrogen-bond donors (Lipinski definition) is 2. The number of imidazole rings is 1. The van der Waals surface area contributed by atoms with E-state index in [1.165, 1.54) is 0 Å². The molecule has 0 radical (unpaired) electrons. The van der Waals surface area contributed by atoms with Gasteiger partial charge in [-0.2, -0.15) is 0 Å². The number of aromatic carboxylic acids is 1. The number of aromatic nitrogens is 2. The van der Waals surface area contributed by atoms with Crippen molar-refractivity contribution in [1.29, 1.82) is 0 Å². The van der Waals surface area contributed by atoms with Gasteiger partial charge in [-0.25, -0.2) is 9.78 Å². The monoisotopic (exact) mass is 246 g/mol. The first kappa shape index (κ1) is 11.2. The van der Waals surface area contributed by atoms with Crippen LogP contribution in [-0.2, 0) is 4.74 Å².